The van der Waals surface area contributed by atoms with Crippen molar-refractivity contribution in [3.05, 3.63) is 53.1 Å². The van der Waals surface area contributed by atoms with E-state index in [2.05, 4.69) is 22.4 Å². The Balaban J connectivity index is 1.42. The topological polar surface area (TPSA) is 106 Å². The number of nitrogens with one attached hydrogen (secondary N) is 1. The highest BCUT2D eigenvalue weighted by Gasteiger charge is 2.33. The van der Waals surface area contributed by atoms with E-state index in [0.29, 0.717) is 30.1 Å². The zero-order valence-corrected chi connectivity index (χ0v) is 21.7. The first-order valence-corrected chi connectivity index (χ1v) is 13.9. The van der Waals surface area contributed by atoms with Crippen molar-refractivity contribution in [2.75, 3.05) is 31.6 Å². The number of hydrogen-bond acceptors (Lipinski definition) is 8. The number of ether oxygens (including phenoxy) is 1. The number of aryl methyl sites for hydroxylation is 2. The summed E-state index contributed by atoms with van der Waals surface area (Å²) in [6, 6.07) is 10.2. The standard InChI is InChI=1S/C25H29N3O5S2/c1-4-33-24(30)18-8-10-28(11-9-18)35(31,32)20-7-5-6-19(14-20)21(29)15-26-25-27-23-17(3)12-16(2)13-22(23)34-25/h5-7,12-14,18H,4,8-11,15H2,1-3H3,(H,26,27). The van der Waals surface area contributed by atoms with E-state index >= 15 is 0 Å². The molecule has 1 N–H and O–H groups in total. The van der Waals surface area contributed by atoms with Crippen LogP contribution in [0.1, 0.15) is 41.3 Å². The predicted octanol–water partition coefficient (Wildman–Crippen LogP) is 4.17. The van der Waals surface area contributed by atoms with Crippen molar-refractivity contribution in [2.45, 2.75) is 38.5 Å². The normalized spacial score (nSPS) is 15.3. The number of thiazole rings is 1. The van der Waals surface area contributed by atoms with Crippen LogP contribution in [-0.4, -0.2) is 55.7 Å². The fourth-order valence-electron chi connectivity index (χ4n) is 4.28. The van der Waals surface area contributed by atoms with Gasteiger partial charge in [-0.1, -0.05) is 29.5 Å². The summed E-state index contributed by atoms with van der Waals surface area (Å²) >= 11 is 1.48. The van der Waals surface area contributed by atoms with Crippen LogP contribution in [0.2, 0.25) is 0 Å². The van der Waals surface area contributed by atoms with Crippen molar-refractivity contribution < 1.29 is 22.7 Å². The zero-order chi connectivity index (χ0) is 25.2. The number of Topliss-reactive ketones (excluding diaryl/α,β-unsaturated/α-hetero) is 1. The number of nitrogens with zero attached hydrogens (tertiary/aromatic N) is 2. The van der Waals surface area contributed by atoms with E-state index in [0.717, 1.165) is 21.3 Å². The van der Waals surface area contributed by atoms with Gasteiger partial charge in [-0.25, -0.2) is 13.4 Å². The van der Waals surface area contributed by atoms with Gasteiger partial charge in [-0.05, 0) is 62.9 Å². The SMILES string of the molecule is CCOC(=O)C1CCN(S(=O)(=O)c2cccc(C(=O)CNc3nc4c(C)cc(C)cc4s3)c2)CC1. The largest absolute Gasteiger partial charge is 0.466 e. The van der Waals surface area contributed by atoms with E-state index in [-0.39, 0.29) is 42.2 Å². The summed E-state index contributed by atoms with van der Waals surface area (Å²) in [6.07, 6.45) is 0.837. The first-order valence-electron chi connectivity index (χ1n) is 11.6. The third-order valence-electron chi connectivity index (χ3n) is 6.10. The number of ketones is 1. The molecule has 1 saturated heterocycles. The molecule has 0 spiro atoms. The molecule has 1 aromatic heterocycles. The Kier molecular flexibility index (Phi) is 7.53. The summed E-state index contributed by atoms with van der Waals surface area (Å²) in [5, 5.41) is 3.73. The molecule has 0 bridgehead atoms. The molecule has 10 heteroatoms. The van der Waals surface area contributed by atoms with Crippen molar-refractivity contribution in [3.63, 3.8) is 0 Å². The quantitative estimate of drug-likeness (QED) is 0.354. The Morgan fingerprint density at radius 1 is 1.17 bits per heavy atom. The number of aromatic nitrogens is 1. The number of benzene rings is 2. The van der Waals surface area contributed by atoms with Crippen molar-refractivity contribution in [1.82, 2.24) is 9.29 Å². The van der Waals surface area contributed by atoms with Crippen LogP contribution >= 0.6 is 11.3 Å². The van der Waals surface area contributed by atoms with Gasteiger partial charge in [0.25, 0.3) is 0 Å². The first kappa shape index (κ1) is 25.3. The maximum absolute atomic E-state index is 13.2. The number of fused-ring (bicyclic) bond motifs is 1. The van der Waals surface area contributed by atoms with Gasteiger partial charge >= 0.3 is 5.97 Å². The highest BCUT2D eigenvalue weighted by atomic mass is 32.2. The van der Waals surface area contributed by atoms with E-state index in [1.54, 1.807) is 19.1 Å². The van der Waals surface area contributed by atoms with Crippen LogP contribution in [0.25, 0.3) is 10.2 Å². The second kappa shape index (κ2) is 10.4. The average Bonchev–Trinajstić information content (AvgIpc) is 3.26. The fraction of sp³-hybridized carbons (Fsp3) is 0.400. The summed E-state index contributed by atoms with van der Waals surface area (Å²) in [5.41, 5.74) is 3.47. The number of anilines is 1. The first-order chi connectivity index (χ1) is 16.7. The Morgan fingerprint density at radius 3 is 2.63 bits per heavy atom. The van der Waals surface area contributed by atoms with Crippen LogP contribution in [0.3, 0.4) is 0 Å². The lowest BCUT2D eigenvalue weighted by Crippen LogP contribution is -2.40. The third kappa shape index (κ3) is 5.55. The van der Waals surface area contributed by atoms with E-state index in [1.165, 1.54) is 27.8 Å². The second-order valence-corrected chi connectivity index (χ2v) is 11.7. The molecule has 3 aromatic rings. The fourth-order valence-corrected chi connectivity index (χ4v) is 6.83. The molecule has 2 heterocycles. The van der Waals surface area contributed by atoms with Crippen LogP contribution in [0.4, 0.5) is 5.13 Å². The number of carbonyl (C=O) groups excluding carboxylic acids is 2. The number of sulfonamides is 1. The molecule has 0 amide bonds. The predicted molar refractivity (Wildman–Crippen MR) is 136 cm³/mol. The lowest BCUT2D eigenvalue weighted by Gasteiger charge is -2.30. The minimum absolute atomic E-state index is 0.00624. The Bertz CT molecular complexity index is 1360. The van der Waals surface area contributed by atoms with Crippen LogP contribution in [0.5, 0.6) is 0 Å². The molecule has 186 valence electrons. The highest BCUT2D eigenvalue weighted by molar-refractivity contribution is 7.89. The third-order valence-corrected chi connectivity index (χ3v) is 8.95. The van der Waals surface area contributed by atoms with Gasteiger partial charge in [-0.15, -0.1) is 0 Å². The number of rotatable bonds is 8. The van der Waals surface area contributed by atoms with Gasteiger partial charge in [0.2, 0.25) is 10.0 Å². The maximum Gasteiger partial charge on any atom is 0.309 e. The molecule has 2 aromatic carbocycles. The van der Waals surface area contributed by atoms with E-state index in [1.807, 2.05) is 13.8 Å². The van der Waals surface area contributed by atoms with Crippen LogP contribution in [0.15, 0.2) is 41.3 Å². The van der Waals surface area contributed by atoms with Crippen molar-refractivity contribution >= 4 is 48.5 Å². The Labute approximate surface area is 209 Å². The van der Waals surface area contributed by atoms with Crippen molar-refractivity contribution in [2.24, 2.45) is 5.92 Å². The molecule has 4 rings (SSSR count). The van der Waals surface area contributed by atoms with Gasteiger partial charge in [-0.2, -0.15) is 4.31 Å². The molecule has 0 atom stereocenters. The Hall–Kier alpha value is -2.82. The number of piperidine rings is 1. The Morgan fingerprint density at radius 2 is 1.91 bits per heavy atom. The minimum Gasteiger partial charge on any atom is -0.466 e. The maximum atomic E-state index is 13.2. The van der Waals surface area contributed by atoms with Gasteiger partial charge in [0.15, 0.2) is 10.9 Å². The van der Waals surface area contributed by atoms with Crippen LogP contribution in [0, 0.1) is 19.8 Å². The lowest BCUT2D eigenvalue weighted by molar-refractivity contribution is -0.149. The molecular formula is C25H29N3O5S2. The lowest BCUT2D eigenvalue weighted by atomic mass is 9.98. The van der Waals surface area contributed by atoms with Crippen molar-refractivity contribution in [3.8, 4) is 0 Å². The molecule has 0 radical (unpaired) electrons. The molecular weight excluding hydrogens is 486 g/mol. The zero-order valence-electron chi connectivity index (χ0n) is 20.0. The molecule has 35 heavy (non-hydrogen) atoms. The highest BCUT2D eigenvalue weighted by Crippen LogP contribution is 2.29. The number of hydrogen-bond donors (Lipinski definition) is 1. The summed E-state index contributed by atoms with van der Waals surface area (Å²) < 4.78 is 33.8. The summed E-state index contributed by atoms with van der Waals surface area (Å²) in [7, 11) is -3.77. The molecule has 0 saturated carbocycles. The molecule has 0 unspecified atom stereocenters. The van der Waals surface area contributed by atoms with Gasteiger partial charge in [0.1, 0.15) is 0 Å². The van der Waals surface area contributed by atoms with Crippen LogP contribution < -0.4 is 5.32 Å². The molecule has 0 aliphatic carbocycles. The van der Waals surface area contributed by atoms with Gasteiger partial charge < -0.3 is 10.1 Å². The summed E-state index contributed by atoms with van der Waals surface area (Å²) in [5.74, 6) is -0.783. The molecule has 1 aliphatic rings. The molecule has 8 nitrogen and oxygen atoms in total. The second-order valence-electron chi connectivity index (χ2n) is 8.68. The molecule has 1 aliphatic heterocycles. The van der Waals surface area contributed by atoms with Gasteiger partial charge in [-0.3, -0.25) is 9.59 Å². The van der Waals surface area contributed by atoms with E-state index < -0.39 is 10.0 Å². The average molecular weight is 516 g/mol. The number of esters is 1. The van der Waals surface area contributed by atoms with Crippen molar-refractivity contribution in [1.29, 1.82) is 0 Å². The smallest absolute Gasteiger partial charge is 0.309 e. The summed E-state index contributed by atoms with van der Waals surface area (Å²) in [4.78, 5) is 29.5. The summed E-state index contributed by atoms with van der Waals surface area (Å²) in [6.45, 7) is 6.59. The molecule has 1 fully saturated rings. The van der Waals surface area contributed by atoms with Crippen LogP contribution in [-0.2, 0) is 19.6 Å². The van der Waals surface area contributed by atoms with E-state index in [9.17, 15) is 18.0 Å². The van der Waals surface area contributed by atoms with E-state index in [4.69, 9.17) is 4.74 Å². The van der Waals surface area contributed by atoms with Gasteiger partial charge in [0.05, 0.1) is 34.2 Å². The minimum atomic E-state index is -3.77. The van der Waals surface area contributed by atoms with Gasteiger partial charge in [0, 0.05) is 18.7 Å². The number of carbonyl (C=O) groups is 2. The monoisotopic (exact) mass is 515 g/mol.